The monoisotopic (exact) mass is 486 g/mol. The van der Waals surface area contributed by atoms with Crippen LogP contribution in [-0.2, 0) is 31.8 Å². The molecule has 1 heterocycles. The van der Waals surface area contributed by atoms with Crippen molar-refractivity contribution in [1.29, 1.82) is 0 Å². The Morgan fingerprint density at radius 3 is 2.38 bits per heavy atom. The molecule has 0 spiro atoms. The Morgan fingerprint density at radius 1 is 0.971 bits per heavy atom. The molecule has 186 valence electrons. The Morgan fingerprint density at radius 2 is 1.68 bits per heavy atom. The SMILES string of the molecule is CCCCOCC1OC(c2ccc(Cl)c(Cc3ccc(CC)cc3)c2)C(OCCCC)CC1=O. The van der Waals surface area contributed by atoms with Gasteiger partial charge in [-0.25, -0.2) is 0 Å². The molecule has 2 aromatic carbocycles. The second-order valence-electron chi connectivity index (χ2n) is 9.10. The molecule has 0 saturated carbocycles. The van der Waals surface area contributed by atoms with Crippen molar-refractivity contribution < 1.29 is 19.0 Å². The van der Waals surface area contributed by atoms with Crippen molar-refractivity contribution in [2.45, 2.75) is 84.0 Å². The predicted molar refractivity (Wildman–Crippen MR) is 138 cm³/mol. The highest BCUT2D eigenvalue weighted by atomic mass is 35.5. The van der Waals surface area contributed by atoms with Crippen molar-refractivity contribution in [3.05, 3.63) is 69.7 Å². The van der Waals surface area contributed by atoms with Crippen LogP contribution >= 0.6 is 11.6 Å². The molecule has 0 aromatic heterocycles. The summed E-state index contributed by atoms with van der Waals surface area (Å²) in [6.45, 7) is 7.97. The molecule has 1 fully saturated rings. The molecule has 34 heavy (non-hydrogen) atoms. The van der Waals surface area contributed by atoms with Crippen LogP contribution in [0.5, 0.6) is 0 Å². The molecule has 1 aliphatic rings. The van der Waals surface area contributed by atoms with E-state index in [1.807, 2.05) is 12.1 Å². The summed E-state index contributed by atoms with van der Waals surface area (Å²) in [6.07, 6.45) is 4.96. The first kappa shape index (κ1) is 26.9. The third kappa shape index (κ3) is 7.64. The molecule has 3 unspecified atom stereocenters. The normalized spacial score (nSPS) is 20.6. The van der Waals surface area contributed by atoms with Gasteiger partial charge in [-0.2, -0.15) is 0 Å². The first-order valence-corrected chi connectivity index (χ1v) is 13.2. The van der Waals surface area contributed by atoms with E-state index in [-0.39, 0.29) is 18.0 Å². The topological polar surface area (TPSA) is 44.8 Å². The number of ketones is 1. The summed E-state index contributed by atoms with van der Waals surface area (Å²) in [5.41, 5.74) is 4.58. The summed E-state index contributed by atoms with van der Waals surface area (Å²) in [6, 6.07) is 14.7. The Kier molecular flexibility index (Phi) is 11.1. The largest absolute Gasteiger partial charge is 0.378 e. The predicted octanol–water partition coefficient (Wildman–Crippen LogP) is 6.89. The van der Waals surface area contributed by atoms with Crippen LogP contribution in [0, 0.1) is 0 Å². The fraction of sp³-hybridized carbons (Fsp3) is 0.552. The highest BCUT2D eigenvalue weighted by Crippen LogP contribution is 2.35. The van der Waals surface area contributed by atoms with Crippen molar-refractivity contribution in [2.24, 2.45) is 0 Å². The van der Waals surface area contributed by atoms with Crippen LogP contribution in [0.15, 0.2) is 42.5 Å². The van der Waals surface area contributed by atoms with Gasteiger partial charge in [-0.15, -0.1) is 0 Å². The summed E-state index contributed by atoms with van der Waals surface area (Å²) in [4.78, 5) is 12.8. The Bertz CT molecular complexity index is 896. The molecule has 3 rings (SSSR count). The highest BCUT2D eigenvalue weighted by Gasteiger charge is 2.38. The molecule has 0 N–H and O–H groups in total. The van der Waals surface area contributed by atoms with Gasteiger partial charge < -0.3 is 14.2 Å². The lowest BCUT2D eigenvalue weighted by atomic mass is 9.92. The minimum Gasteiger partial charge on any atom is -0.378 e. The smallest absolute Gasteiger partial charge is 0.166 e. The minimum atomic E-state index is -0.561. The van der Waals surface area contributed by atoms with E-state index in [1.54, 1.807) is 0 Å². The Labute approximate surface area is 209 Å². The number of hydrogen-bond acceptors (Lipinski definition) is 4. The fourth-order valence-electron chi connectivity index (χ4n) is 4.18. The van der Waals surface area contributed by atoms with Gasteiger partial charge >= 0.3 is 0 Å². The number of benzene rings is 2. The summed E-state index contributed by atoms with van der Waals surface area (Å²) in [7, 11) is 0. The quantitative estimate of drug-likeness (QED) is 0.289. The zero-order valence-corrected chi connectivity index (χ0v) is 21.6. The zero-order chi connectivity index (χ0) is 24.3. The van der Waals surface area contributed by atoms with Crippen molar-refractivity contribution >= 4 is 17.4 Å². The molecule has 1 aliphatic heterocycles. The lowest BCUT2D eigenvalue weighted by Gasteiger charge is -2.36. The second-order valence-corrected chi connectivity index (χ2v) is 9.51. The molecule has 0 amide bonds. The van der Waals surface area contributed by atoms with Gasteiger partial charge in [0.05, 0.1) is 12.7 Å². The number of ether oxygens (including phenoxy) is 3. The molecule has 2 aromatic rings. The molecule has 0 bridgehead atoms. The molecule has 5 heteroatoms. The summed E-state index contributed by atoms with van der Waals surface area (Å²) in [5.74, 6) is 0.0550. The number of carbonyl (C=O) groups is 1. The maximum atomic E-state index is 12.8. The van der Waals surface area contributed by atoms with Gasteiger partial charge in [0.1, 0.15) is 12.2 Å². The third-order valence-electron chi connectivity index (χ3n) is 6.38. The molecular weight excluding hydrogens is 448 g/mol. The summed E-state index contributed by atoms with van der Waals surface area (Å²) < 4.78 is 18.2. The zero-order valence-electron chi connectivity index (χ0n) is 20.9. The van der Waals surface area contributed by atoms with Crippen LogP contribution in [0.1, 0.15) is 81.2 Å². The maximum Gasteiger partial charge on any atom is 0.166 e. The highest BCUT2D eigenvalue weighted by molar-refractivity contribution is 6.31. The Hall–Kier alpha value is -1.72. The number of hydrogen-bond donors (Lipinski definition) is 0. The van der Waals surface area contributed by atoms with Gasteiger partial charge in [0.15, 0.2) is 5.78 Å². The van der Waals surface area contributed by atoms with Gasteiger partial charge in [-0.3, -0.25) is 4.79 Å². The molecule has 1 saturated heterocycles. The van der Waals surface area contributed by atoms with E-state index in [2.05, 4.69) is 51.1 Å². The fourth-order valence-corrected chi connectivity index (χ4v) is 4.37. The van der Waals surface area contributed by atoms with Crippen molar-refractivity contribution in [1.82, 2.24) is 0 Å². The van der Waals surface area contributed by atoms with Crippen LogP contribution in [0.3, 0.4) is 0 Å². The van der Waals surface area contributed by atoms with E-state index < -0.39 is 6.10 Å². The van der Waals surface area contributed by atoms with Gasteiger partial charge in [0, 0.05) is 24.7 Å². The van der Waals surface area contributed by atoms with E-state index >= 15 is 0 Å². The van der Waals surface area contributed by atoms with Crippen LogP contribution in [0.4, 0.5) is 0 Å². The van der Waals surface area contributed by atoms with Crippen LogP contribution in [-0.4, -0.2) is 37.8 Å². The van der Waals surface area contributed by atoms with Gasteiger partial charge in [0.2, 0.25) is 0 Å². The molecule has 0 radical (unpaired) electrons. The maximum absolute atomic E-state index is 12.8. The van der Waals surface area contributed by atoms with E-state index in [1.165, 1.54) is 11.1 Å². The molecule has 4 nitrogen and oxygen atoms in total. The second kappa shape index (κ2) is 14.0. The van der Waals surface area contributed by atoms with Crippen molar-refractivity contribution in [2.75, 3.05) is 19.8 Å². The van der Waals surface area contributed by atoms with Crippen LogP contribution in [0.2, 0.25) is 5.02 Å². The average molecular weight is 487 g/mol. The lowest BCUT2D eigenvalue weighted by molar-refractivity contribution is -0.174. The van der Waals surface area contributed by atoms with E-state index in [4.69, 9.17) is 25.8 Å². The number of aryl methyl sites for hydroxylation is 1. The number of halogens is 1. The number of rotatable bonds is 13. The number of Topliss-reactive ketones (excluding diaryl/α,β-unsaturated/α-hetero) is 1. The van der Waals surface area contributed by atoms with E-state index in [9.17, 15) is 4.79 Å². The van der Waals surface area contributed by atoms with E-state index in [0.717, 1.165) is 54.7 Å². The average Bonchev–Trinajstić information content (AvgIpc) is 2.85. The van der Waals surface area contributed by atoms with Crippen LogP contribution < -0.4 is 0 Å². The van der Waals surface area contributed by atoms with Crippen molar-refractivity contribution in [3.63, 3.8) is 0 Å². The number of carbonyl (C=O) groups excluding carboxylic acids is 1. The first-order chi connectivity index (χ1) is 16.5. The molecule has 0 aliphatic carbocycles. The van der Waals surface area contributed by atoms with Crippen molar-refractivity contribution in [3.8, 4) is 0 Å². The standard InChI is InChI=1S/C29H39ClO4/c1-4-7-15-32-20-28-26(31)19-27(33-16-8-5-2)29(34-28)23-13-14-25(30)24(18-23)17-22-11-9-21(6-3)10-12-22/h9-14,18,27-29H,4-8,15-17,19-20H2,1-3H3. The summed E-state index contributed by atoms with van der Waals surface area (Å²) in [5, 5.41) is 0.734. The minimum absolute atomic E-state index is 0.0550. The van der Waals surface area contributed by atoms with Gasteiger partial charge in [-0.1, -0.05) is 81.6 Å². The lowest BCUT2D eigenvalue weighted by Crippen LogP contribution is -2.43. The third-order valence-corrected chi connectivity index (χ3v) is 6.74. The van der Waals surface area contributed by atoms with Crippen LogP contribution in [0.25, 0.3) is 0 Å². The molecule has 3 atom stereocenters. The first-order valence-electron chi connectivity index (χ1n) is 12.8. The summed E-state index contributed by atoms with van der Waals surface area (Å²) >= 11 is 6.59. The van der Waals surface area contributed by atoms with Gasteiger partial charge in [0.25, 0.3) is 0 Å². The Balaban J connectivity index is 1.79. The van der Waals surface area contributed by atoms with Gasteiger partial charge in [-0.05, 0) is 54.0 Å². The molecular formula is C29H39ClO4. The van der Waals surface area contributed by atoms with E-state index in [0.29, 0.717) is 26.2 Å². The number of unbranched alkanes of at least 4 members (excludes halogenated alkanes) is 2.